The number of hydrogen-bond donors (Lipinski definition) is 1. The van der Waals surface area contributed by atoms with Crippen molar-refractivity contribution in [3.63, 3.8) is 0 Å². The molecule has 0 aromatic heterocycles. The van der Waals surface area contributed by atoms with Gasteiger partial charge in [0.1, 0.15) is 5.82 Å². The highest BCUT2D eigenvalue weighted by atomic mass is 19.1. The number of amides is 3. The fourth-order valence-corrected chi connectivity index (χ4v) is 5.06. The van der Waals surface area contributed by atoms with Crippen LogP contribution in [-0.2, 0) is 9.59 Å². The number of allylic oxidation sites excluding steroid dienone is 1. The van der Waals surface area contributed by atoms with Gasteiger partial charge in [-0.15, -0.1) is 0 Å². The number of piperazine rings is 1. The van der Waals surface area contributed by atoms with E-state index in [0.717, 1.165) is 6.42 Å². The van der Waals surface area contributed by atoms with Crippen molar-refractivity contribution in [3.05, 3.63) is 47.3 Å². The van der Waals surface area contributed by atoms with Crippen molar-refractivity contribution in [2.45, 2.75) is 40.5 Å². The fraction of sp³-hybridized carbons (Fsp3) is 0.577. The van der Waals surface area contributed by atoms with E-state index in [1.165, 1.54) is 23.8 Å². The summed E-state index contributed by atoms with van der Waals surface area (Å²) in [6.07, 6.45) is 3.60. The molecule has 1 fully saturated rings. The summed E-state index contributed by atoms with van der Waals surface area (Å²) in [6, 6.07) is 5.71. The summed E-state index contributed by atoms with van der Waals surface area (Å²) in [5.74, 6) is 0.617. The van der Waals surface area contributed by atoms with Crippen LogP contribution in [0.25, 0.3) is 0 Å². The zero-order chi connectivity index (χ0) is 24.1. The van der Waals surface area contributed by atoms with E-state index in [1.54, 1.807) is 17.9 Å². The standard InChI is InChI=1S/C26H36FN3O3/c1-17(2)24-14-21(15-25(32)30-10-8-29(9-11-30)19(4)31)18(3)12-22(24)16-28-26(33)20-6-5-7-23(27)13-20/h5-7,12-13,17,21-22,24H,8-11,14-16H2,1-4H3,(H,28,33). The zero-order valence-electron chi connectivity index (χ0n) is 20.1. The van der Waals surface area contributed by atoms with Gasteiger partial charge < -0.3 is 15.1 Å². The summed E-state index contributed by atoms with van der Waals surface area (Å²) in [5.41, 5.74) is 1.51. The number of nitrogens with one attached hydrogen (secondary N) is 1. The quantitative estimate of drug-likeness (QED) is 0.665. The molecule has 2 aliphatic rings. The molecule has 3 atom stereocenters. The molecule has 1 aliphatic heterocycles. The van der Waals surface area contributed by atoms with E-state index in [-0.39, 0.29) is 29.6 Å². The number of carbonyl (C=O) groups is 3. The van der Waals surface area contributed by atoms with Crippen molar-refractivity contribution in [3.8, 4) is 0 Å². The normalized spacial score (nSPS) is 23.3. The molecule has 6 nitrogen and oxygen atoms in total. The summed E-state index contributed by atoms with van der Waals surface area (Å²) in [6.45, 7) is 10.9. The van der Waals surface area contributed by atoms with Gasteiger partial charge in [-0.3, -0.25) is 14.4 Å². The van der Waals surface area contributed by atoms with Gasteiger partial charge in [-0.25, -0.2) is 4.39 Å². The first-order valence-electron chi connectivity index (χ1n) is 11.9. The monoisotopic (exact) mass is 457 g/mol. The average molecular weight is 458 g/mol. The van der Waals surface area contributed by atoms with Gasteiger partial charge in [-0.05, 0) is 55.2 Å². The molecule has 7 heteroatoms. The molecule has 0 spiro atoms. The Morgan fingerprint density at radius 2 is 1.79 bits per heavy atom. The number of hydrogen-bond acceptors (Lipinski definition) is 3. The van der Waals surface area contributed by atoms with Crippen LogP contribution in [0.15, 0.2) is 35.9 Å². The second-order valence-electron chi connectivity index (χ2n) is 9.73. The van der Waals surface area contributed by atoms with E-state index in [2.05, 4.69) is 32.2 Å². The third-order valence-electron chi connectivity index (χ3n) is 7.17. The van der Waals surface area contributed by atoms with E-state index < -0.39 is 5.82 Å². The van der Waals surface area contributed by atoms with Crippen molar-refractivity contribution >= 4 is 17.7 Å². The van der Waals surface area contributed by atoms with Crippen LogP contribution >= 0.6 is 0 Å². The maximum atomic E-state index is 13.4. The molecule has 0 saturated carbocycles. The lowest BCUT2D eigenvalue weighted by Gasteiger charge is -2.39. The Labute approximate surface area is 196 Å². The number of halogens is 1. The Bertz CT molecular complexity index is 906. The zero-order valence-corrected chi connectivity index (χ0v) is 20.1. The van der Waals surface area contributed by atoms with E-state index in [9.17, 15) is 18.8 Å². The minimum Gasteiger partial charge on any atom is -0.351 e. The molecule has 3 rings (SSSR count). The van der Waals surface area contributed by atoms with Gasteiger partial charge in [0, 0.05) is 51.6 Å². The molecular weight excluding hydrogens is 421 g/mol. The molecule has 1 saturated heterocycles. The van der Waals surface area contributed by atoms with Crippen LogP contribution in [0, 0.1) is 29.5 Å². The molecule has 1 heterocycles. The van der Waals surface area contributed by atoms with Crippen LogP contribution in [0.5, 0.6) is 0 Å². The lowest BCUT2D eigenvalue weighted by molar-refractivity contribution is -0.139. The van der Waals surface area contributed by atoms with E-state index >= 15 is 0 Å². The van der Waals surface area contributed by atoms with Crippen LogP contribution < -0.4 is 5.32 Å². The molecule has 0 bridgehead atoms. The Morgan fingerprint density at radius 1 is 1.12 bits per heavy atom. The molecule has 180 valence electrons. The maximum absolute atomic E-state index is 13.4. The molecule has 33 heavy (non-hydrogen) atoms. The third-order valence-corrected chi connectivity index (χ3v) is 7.17. The van der Waals surface area contributed by atoms with E-state index in [4.69, 9.17) is 0 Å². The van der Waals surface area contributed by atoms with Crippen LogP contribution in [0.1, 0.15) is 50.9 Å². The van der Waals surface area contributed by atoms with E-state index in [1.807, 2.05) is 4.90 Å². The lowest BCUT2D eigenvalue weighted by Crippen LogP contribution is -2.50. The van der Waals surface area contributed by atoms with Gasteiger partial charge >= 0.3 is 0 Å². The smallest absolute Gasteiger partial charge is 0.251 e. The van der Waals surface area contributed by atoms with Crippen molar-refractivity contribution < 1.29 is 18.8 Å². The number of carbonyl (C=O) groups excluding carboxylic acids is 3. The Kier molecular flexibility index (Phi) is 8.27. The molecule has 1 N–H and O–H groups in total. The molecule has 3 amide bonds. The van der Waals surface area contributed by atoms with Crippen molar-refractivity contribution in [2.75, 3.05) is 32.7 Å². The van der Waals surface area contributed by atoms with Crippen molar-refractivity contribution in [2.24, 2.45) is 23.7 Å². The van der Waals surface area contributed by atoms with Gasteiger partial charge in [0.25, 0.3) is 5.91 Å². The van der Waals surface area contributed by atoms with Crippen LogP contribution in [0.3, 0.4) is 0 Å². The average Bonchev–Trinajstić information content (AvgIpc) is 2.78. The van der Waals surface area contributed by atoms with Crippen molar-refractivity contribution in [1.82, 2.24) is 15.1 Å². The van der Waals surface area contributed by atoms with Gasteiger partial charge in [0.05, 0.1) is 0 Å². The molecule has 1 aromatic rings. The molecule has 3 unspecified atom stereocenters. The molecule has 1 aromatic carbocycles. The summed E-state index contributed by atoms with van der Waals surface area (Å²) in [5, 5.41) is 2.96. The fourth-order valence-electron chi connectivity index (χ4n) is 5.06. The lowest BCUT2D eigenvalue weighted by atomic mass is 9.69. The second-order valence-corrected chi connectivity index (χ2v) is 9.73. The van der Waals surface area contributed by atoms with Gasteiger partial charge in [0.2, 0.25) is 11.8 Å². The Balaban J connectivity index is 1.60. The Morgan fingerprint density at radius 3 is 2.39 bits per heavy atom. The highest BCUT2D eigenvalue weighted by Gasteiger charge is 2.34. The summed E-state index contributed by atoms with van der Waals surface area (Å²) >= 11 is 0. The topological polar surface area (TPSA) is 69.7 Å². The van der Waals surface area contributed by atoms with E-state index in [0.29, 0.717) is 56.5 Å². The minimum atomic E-state index is -0.425. The first-order valence-corrected chi connectivity index (χ1v) is 11.9. The number of benzene rings is 1. The first kappa shape index (κ1) is 24.9. The molecule has 0 radical (unpaired) electrons. The maximum Gasteiger partial charge on any atom is 0.251 e. The van der Waals surface area contributed by atoms with Crippen LogP contribution in [0.2, 0.25) is 0 Å². The predicted octanol–water partition coefficient (Wildman–Crippen LogP) is 3.49. The van der Waals surface area contributed by atoms with Gasteiger partial charge in [-0.2, -0.15) is 0 Å². The molecule has 1 aliphatic carbocycles. The highest BCUT2D eigenvalue weighted by molar-refractivity contribution is 5.94. The van der Waals surface area contributed by atoms with Crippen molar-refractivity contribution in [1.29, 1.82) is 0 Å². The number of nitrogens with zero attached hydrogens (tertiary/aromatic N) is 2. The van der Waals surface area contributed by atoms with Gasteiger partial charge in [-0.1, -0.05) is 31.6 Å². The van der Waals surface area contributed by atoms with Gasteiger partial charge in [0.15, 0.2) is 0 Å². The highest BCUT2D eigenvalue weighted by Crippen LogP contribution is 2.39. The second kappa shape index (κ2) is 10.9. The third kappa shape index (κ3) is 6.42. The number of rotatable bonds is 6. The first-order chi connectivity index (χ1) is 15.7. The van der Waals surface area contributed by atoms with Crippen LogP contribution in [-0.4, -0.2) is 60.2 Å². The Hall–Kier alpha value is -2.70. The minimum absolute atomic E-state index is 0.0588. The van der Waals surface area contributed by atoms with Crippen LogP contribution in [0.4, 0.5) is 4.39 Å². The largest absolute Gasteiger partial charge is 0.351 e. The molecular formula is C26H36FN3O3. The summed E-state index contributed by atoms with van der Waals surface area (Å²) in [4.78, 5) is 40.6. The predicted molar refractivity (Wildman–Crippen MR) is 126 cm³/mol. The summed E-state index contributed by atoms with van der Waals surface area (Å²) < 4.78 is 13.4. The SMILES string of the molecule is CC(=O)N1CCN(C(=O)CC2CC(C(C)C)C(CNC(=O)c3cccc(F)c3)C=C2C)CC1. The summed E-state index contributed by atoms with van der Waals surface area (Å²) in [7, 11) is 0.